The molecule has 4 nitrogen and oxygen atoms in total. The summed E-state index contributed by atoms with van der Waals surface area (Å²) in [6.45, 7) is 0. The first-order chi connectivity index (χ1) is 8.20. The maximum atomic E-state index is 12.0. The Bertz CT molecular complexity index is 285. The molecule has 96 valence electrons. The molecular weight excluding hydrogens is 218 g/mol. The minimum absolute atomic E-state index is 0.0848. The van der Waals surface area contributed by atoms with Crippen LogP contribution in [0.4, 0.5) is 0 Å². The Hall–Kier alpha value is -0.900. The molecule has 0 spiro atoms. The number of hydrogen-bond acceptors (Lipinski definition) is 3. The van der Waals surface area contributed by atoms with Gasteiger partial charge in [-0.25, -0.2) is 0 Å². The van der Waals surface area contributed by atoms with Gasteiger partial charge in [-0.1, -0.05) is 19.3 Å². The van der Waals surface area contributed by atoms with Crippen LogP contribution in [0.25, 0.3) is 0 Å². The highest BCUT2D eigenvalue weighted by atomic mass is 16.3. The minimum Gasteiger partial charge on any atom is -0.391 e. The molecule has 17 heavy (non-hydrogen) atoms. The number of carbonyl (C=O) groups is 2. The van der Waals surface area contributed by atoms with Gasteiger partial charge < -0.3 is 5.11 Å². The predicted molar refractivity (Wildman–Crippen MR) is 63.2 cm³/mol. The maximum Gasteiger partial charge on any atom is 0.229 e. The van der Waals surface area contributed by atoms with Crippen LogP contribution in [0.15, 0.2) is 0 Å². The Morgan fingerprint density at radius 1 is 0.882 bits per heavy atom. The normalized spacial score (nSPS) is 32.2. The SMILES string of the molecule is O=C1CCCCC(=O)N1C1CCCCCC1O. The van der Waals surface area contributed by atoms with Crippen LogP contribution in [0.3, 0.4) is 0 Å². The molecule has 2 amide bonds. The molecule has 0 aromatic rings. The fraction of sp³-hybridized carbons (Fsp3) is 0.846. The topological polar surface area (TPSA) is 57.6 Å². The molecule has 0 aromatic carbocycles. The highest BCUT2D eigenvalue weighted by molar-refractivity contribution is 5.96. The lowest BCUT2D eigenvalue weighted by Crippen LogP contribution is -2.49. The molecule has 0 bridgehead atoms. The summed E-state index contributed by atoms with van der Waals surface area (Å²) in [5, 5.41) is 10.1. The van der Waals surface area contributed by atoms with Crippen LogP contribution in [-0.2, 0) is 9.59 Å². The molecule has 2 unspecified atom stereocenters. The van der Waals surface area contributed by atoms with Crippen LogP contribution in [-0.4, -0.2) is 34.0 Å². The first kappa shape index (κ1) is 12.6. The van der Waals surface area contributed by atoms with Crippen molar-refractivity contribution in [1.82, 2.24) is 4.90 Å². The van der Waals surface area contributed by atoms with Crippen LogP contribution in [0.1, 0.15) is 57.8 Å². The Morgan fingerprint density at radius 2 is 1.47 bits per heavy atom. The molecular formula is C13H21NO3. The molecule has 2 rings (SSSR count). The number of nitrogens with zero attached hydrogens (tertiary/aromatic N) is 1. The largest absolute Gasteiger partial charge is 0.391 e. The lowest BCUT2D eigenvalue weighted by Gasteiger charge is -2.31. The Kier molecular flexibility index (Phi) is 4.15. The molecule has 1 saturated heterocycles. The van der Waals surface area contributed by atoms with E-state index in [-0.39, 0.29) is 17.9 Å². The fourth-order valence-corrected chi connectivity index (χ4v) is 2.87. The second kappa shape index (κ2) is 5.63. The summed E-state index contributed by atoms with van der Waals surface area (Å²) in [6.07, 6.45) is 6.53. The van der Waals surface area contributed by atoms with Crippen molar-refractivity contribution in [2.45, 2.75) is 69.9 Å². The van der Waals surface area contributed by atoms with E-state index in [9.17, 15) is 14.7 Å². The Morgan fingerprint density at radius 3 is 2.12 bits per heavy atom. The van der Waals surface area contributed by atoms with E-state index in [1.54, 1.807) is 0 Å². The zero-order valence-corrected chi connectivity index (χ0v) is 10.2. The van der Waals surface area contributed by atoms with Crippen molar-refractivity contribution in [3.63, 3.8) is 0 Å². The summed E-state index contributed by atoms with van der Waals surface area (Å²) >= 11 is 0. The molecule has 2 aliphatic rings. The van der Waals surface area contributed by atoms with Crippen LogP contribution in [0.5, 0.6) is 0 Å². The zero-order chi connectivity index (χ0) is 12.3. The molecule has 1 heterocycles. The lowest BCUT2D eigenvalue weighted by atomic mass is 10.0. The Labute approximate surface area is 102 Å². The van der Waals surface area contributed by atoms with E-state index >= 15 is 0 Å². The van der Waals surface area contributed by atoms with Gasteiger partial charge >= 0.3 is 0 Å². The third-order valence-electron chi connectivity index (χ3n) is 3.84. The van der Waals surface area contributed by atoms with Gasteiger partial charge in [-0.05, 0) is 25.7 Å². The van der Waals surface area contributed by atoms with E-state index in [1.807, 2.05) is 0 Å². The second-order valence-electron chi connectivity index (χ2n) is 5.14. The van der Waals surface area contributed by atoms with Crippen molar-refractivity contribution >= 4 is 11.8 Å². The van der Waals surface area contributed by atoms with E-state index in [0.717, 1.165) is 38.5 Å². The van der Waals surface area contributed by atoms with Crippen molar-refractivity contribution in [3.8, 4) is 0 Å². The number of aliphatic hydroxyl groups excluding tert-OH is 1. The molecule has 4 heteroatoms. The first-order valence-electron chi connectivity index (χ1n) is 6.73. The Balaban J connectivity index is 2.15. The summed E-state index contributed by atoms with van der Waals surface area (Å²) < 4.78 is 0. The molecule has 1 aliphatic heterocycles. The molecule has 1 aliphatic carbocycles. The van der Waals surface area contributed by atoms with Gasteiger partial charge in [-0.3, -0.25) is 14.5 Å². The summed E-state index contributed by atoms with van der Waals surface area (Å²) in [5.74, 6) is -0.170. The highest BCUT2D eigenvalue weighted by Gasteiger charge is 2.35. The fourth-order valence-electron chi connectivity index (χ4n) is 2.87. The van der Waals surface area contributed by atoms with Crippen molar-refractivity contribution in [3.05, 3.63) is 0 Å². The molecule has 2 atom stereocenters. The van der Waals surface area contributed by atoms with Gasteiger partial charge in [0, 0.05) is 12.8 Å². The van der Waals surface area contributed by atoms with Crippen LogP contribution >= 0.6 is 0 Å². The van der Waals surface area contributed by atoms with Gasteiger partial charge in [0.1, 0.15) is 0 Å². The standard InChI is InChI=1S/C13H21NO3/c15-11-7-3-1-2-6-10(11)14-12(16)8-4-5-9-13(14)17/h10-11,15H,1-9H2. The number of likely N-dealkylation sites (tertiary alicyclic amines) is 1. The zero-order valence-electron chi connectivity index (χ0n) is 10.2. The number of imide groups is 1. The second-order valence-corrected chi connectivity index (χ2v) is 5.14. The van der Waals surface area contributed by atoms with E-state index < -0.39 is 6.10 Å². The number of amides is 2. The van der Waals surface area contributed by atoms with Crippen LogP contribution in [0, 0.1) is 0 Å². The van der Waals surface area contributed by atoms with Gasteiger partial charge in [0.25, 0.3) is 0 Å². The molecule has 2 fully saturated rings. The summed E-state index contributed by atoms with van der Waals surface area (Å²) in [5.41, 5.74) is 0. The highest BCUT2D eigenvalue weighted by Crippen LogP contribution is 2.26. The van der Waals surface area contributed by atoms with E-state index in [2.05, 4.69) is 0 Å². The summed E-state index contributed by atoms with van der Waals surface area (Å²) in [4.78, 5) is 25.3. The number of carbonyl (C=O) groups excluding carboxylic acids is 2. The van der Waals surface area contributed by atoms with Crippen molar-refractivity contribution in [2.24, 2.45) is 0 Å². The summed E-state index contributed by atoms with van der Waals surface area (Å²) in [7, 11) is 0. The van der Waals surface area contributed by atoms with Crippen molar-refractivity contribution < 1.29 is 14.7 Å². The van der Waals surface area contributed by atoms with Crippen LogP contribution < -0.4 is 0 Å². The predicted octanol–water partition coefficient (Wildman–Crippen LogP) is 1.61. The third-order valence-corrected chi connectivity index (χ3v) is 3.84. The van der Waals surface area contributed by atoms with Gasteiger partial charge in [0.15, 0.2) is 0 Å². The van der Waals surface area contributed by atoms with E-state index in [1.165, 1.54) is 4.90 Å². The lowest BCUT2D eigenvalue weighted by molar-refractivity contribution is -0.149. The van der Waals surface area contributed by atoms with Gasteiger partial charge in [0.05, 0.1) is 12.1 Å². The molecule has 1 N–H and O–H groups in total. The smallest absolute Gasteiger partial charge is 0.229 e. The molecule has 0 radical (unpaired) electrons. The monoisotopic (exact) mass is 239 g/mol. The first-order valence-corrected chi connectivity index (χ1v) is 6.73. The third kappa shape index (κ3) is 2.86. The minimum atomic E-state index is -0.525. The number of hydrogen-bond donors (Lipinski definition) is 1. The number of aliphatic hydroxyl groups is 1. The average molecular weight is 239 g/mol. The van der Waals surface area contributed by atoms with Crippen molar-refractivity contribution in [2.75, 3.05) is 0 Å². The maximum absolute atomic E-state index is 12.0. The van der Waals surface area contributed by atoms with Gasteiger partial charge in [0.2, 0.25) is 11.8 Å². The van der Waals surface area contributed by atoms with E-state index in [0.29, 0.717) is 19.3 Å². The quantitative estimate of drug-likeness (QED) is 0.558. The van der Waals surface area contributed by atoms with Crippen LogP contribution in [0.2, 0.25) is 0 Å². The molecule has 0 aromatic heterocycles. The summed E-state index contributed by atoms with van der Waals surface area (Å²) in [6, 6.07) is -0.268. The number of rotatable bonds is 1. The van der Waals surface area contributed by atoms with Gasteiger partial charge in [-0.15, -0.1) is 0 Å². The molecule has 1 saturated carbocycles. The van der Waals surface area contributed by atoms with Crippen molar-refractivity contribution in [1.29, 1.82) is 0 Å². The average Bonchev–Trinajstić information content (AvgIpc) is 2.59. The van der Waals surface area contributed by atoms with Gasteiger partial charge in [-0.2, -0.15) is 0 Å². The van der Waals surface area contributed by atoms with E-state index in [4.69, 9.17) is 0 Å².